The summed E-state index contributed by atoms with van der Waals surface area (Å²) in [5, 5.41) is 7.86. The Hall–Kier alpha value is -1.81. The fourth-order valence-corrected chi connectivity index (χ4v) is 2.18. The summed E-state index contributed by atoms with van der Waals surface area (Å²) >= 11 is 6.02. The second kappa shape index (κ2) is 6.09. The molecule has 1 heterocycles. The van der Waals surface area contributed by atoms with Crippen molar-refractivity contribution in [3.63, 3.8) is 0 Å². The number of nitrogens with one attached hydrogen (secondary N) is 1. The second-order valence-corrected chi connectivity index (χ2v) is 5.31. The van der Waals surface area contributed by atoms with Crippen molar-refractivity contribution in [1.82, 2.24) is 15.1 Å². The molecular weight excluding hydrogens is 274 g/mol. The number of aryl methyl sites for hydroxylation is 1. The highest BCUT2D eigenvalue weighted by atomic mass is 35.5. The zero-order chi connectivity index (χ0) is 14.7. The van der Waals surface area contributed by atoms with Crippen LogP contribution in [-0.2, 0) is 6.54 Å². The minimum absolute atomic E-state index is 0.0869. The number of nitrogens with zero attached hydrogens (tertiary/aromatic N) is 2. The van der Waals surface area contributed by atoms with Crippen molar-refractivity contribution in [1.29, 1.82) is 0 Å². The Morgan fingerprint density at radius 1 is 1.40 bits per heavy atom. The number of carbonyl (C=O) groups is 1. The number of benzene rings is 1. The van der Waals surface area contributed by atoms with Gasteiger partial charge in [0.1, 0.15) is 0 Å². The van der Waals surface area contributed by atoms with E-state index in [1.165, 1.54) is 0 Å². The molecule has 0 unspecified atom stereocenters. The van der Waals surface area contributed by atoms with Crippen molar-refractivity contribution in [2.24, 2.45) is 0 Å². The van der Waals surface area contributed by atoms with Crippen molar-refractivity contribution in [2.45, 2.75) is 33.4 Å². The molecule has 2 aromatic rings. The number of halogens is 1. The highest BCUT2D eigenvalue weighted by molar-refractivity contribution is 6.30. The van der Waals surface area contributed by atoms with Gasteiger partial charge in [-0.1, -0.05) is 23.7 Å². The van der Waals surface area contributed by atoms with Crippen LogP contribution in [0.3, 0.4) is 0 Å². The Morgan fingerprint density at radius 3 is 2.75 bits per heavy atom. The van der Waals surface area contributed by atoms with Gasteiger partial charge in [-0.15, -0.1) is 0 Å². The molecule has 1 aromatic carbocycles. The fraction of sp³-hybridized carbons (Fsp3) is 0.333. The third-order valence-electron chi connectivity index (χ3n) is 2.85. The molecule has 0 aliphatic rings. The van der Waals surface area contributed by atoms with E-state index in [-0.39, 0.29) is 11.9 Å². The number of hydrogen-bond donors (Lipinski definition) is 1. The average Bonchev–Trinajstić information content (AvgIpc) is 2.82. The number of aromatic nitrogens is 2. The SMILES string of the molecule is CCn1nc(C(=O)NC(C)C)cc1-c1cccc(Cl)c1. The minimum atomic E-state index is -0.157. The van der Waals surface area contributed by atoms with Gasteiger partial charge in [-0.3, -0.25) is 9.48 Å². The van der Waals surface area contributed by atoms with Gasteiger partial charge in [-0.05, 0) is 39.0 Å². The summed E-state index contributed by atoms with van der Waals surface area (Å²) in [5.74, 6) is -0.157. The number of amides is 1. The van der Waals surface area contributed by atoms with Gasteiger partial charge in [0.25, 0.3) is 5.91 Å². The Kier molecular flexibility index (Phi) is 4.45. The van der Waals surface area contributed by atoms with E-state index in [1.54, 1.807) is 10.7 Å². The lowest BCUT2D eigenvalue weighted by Crippen LogP contribution is -2.30. The van der Waals surface area contributed by atoms with Crippen LogP contribution < -0.4 is 5.32 Å². The quantitative estimate of drug-likeness (QED) is 0.939. The molecule has 106 valence electrons. The second-order valence-electron chi connectivity index (χ2n) is 4.87. The van der Waals surface area contributed by atoms with E-state index in [0.29, 0.717) is 17.3 Å². The topological polar surface area (TPSA) is 46.9 Å². The minimum Gasteiger partial charge on any atom is -0.348 e. The van der Waals surface area contributed by atoms with Gasteiger partial charge in [-0.2, -0.15) is 5.10 Å². The molecule has 0 saturated heterocycles. The van der Waals surface area contributed by atoms with Crippen LogP contribution in [0.5, 0.6) is 0 Å². The van der Waals surface area contributed by atoms with Crippen molar-refractivity contribution in [2.75, 3.05) is 0 Å². The maximum Gasteiger partial charge on any atom is 0.271 e. The van der Waals surface area contributed by atoms with E-state index in [9.17, 15) is 4.79 Å². The number of carbonyl (C=O) groups excluding carboxylic acids is 1. The first kappa shape index (κ1) is 14.6. The van der Waals surface area contributed by atoms with Crippen LogP contribution in [-0.4, -0.2) is 21.7 Å². The zero-order valence-corrected chi connectivity index (χ0v) is 12.6. The molecule has 2 rings (SSSR count). The molecule has 5 heteroatoms. The van der Waals surface area contributed by atoms with Gasteiger partial charge in [0, 0.05) is 23.2 Å². The molecule has 1 N–H and O–H groups in total. The molecule has 0 saturated carbocycles. The first-order chi connectivity index (χ1) is 9.51. The van der Waals surface area contributed by atoms with Crippen LogP contribution in [0, 0.1) is 0 Å². The van der Waals surface area contributed by atoms with E-state index >= 15 is 0 Å². The summed E-state index contributed by atoms with van der Waals surface area (Å²) in [5.41, 5.74) is 2.27. The predicted molar refractivity (Wildman–Crippen MR) is 80.9 cm³/mol. The average molecular weight is 292 g/mol. The molecule has 0 aliphatic carbocycles. The maximum absolute atomic E-state index is 12.0. The monoisotopic (exact) mass is 291 g/mol. The molecule has 1 aromatic heterocycles. The van der Waals surface area contributed by atoms with Crippen LogP contribution in [0.15, 0.2) is 30.3 Å². The van der Waals surface area contributed by atoms with Crippen LogP contribution in [0.2, 0.25) is 5.02 Å². The Morgan fingerprint density at radius 2 is 2.15 bits per heavy atom. The summed E-state index contributed by atoms with van der Waals surface area (Å²) in [6, 6.07) is 9.42. The molecule has 0 atom stereocenters. The van der Waals surface area contributed by atoms with Gasteiger partial charge < -0.3 is 5.32 Å². The standard InChI is InChI=1S/C15H18ClN3O/c1-4-19-14(11-6-5-7-12(16)8-11)9-13(18-19)15(20)17-10(2)3/h5-10H,4H2,1-3H3,(H,17,20). The third-order valence-corrected chi connectivity index (χ3v) is 3.09. The predicted octanol–water partition coefficient (Wildman–Crippen LogP) is 3.36. The van der Waals surface area contributed by atoms with Crippen LogP contribution in [0.1, 0.15) is 31.3 Å². The van der Waals surface area contributed by atoms with E-state index in [2.05, 4.69) is 10.4 Å². The molecule has 0 bridgehead atoms. The molecule has 0 spiro atoms. The summed E-state index contributed by atoms with van der Waals surface area (Å²) in [4.78, 5) is 12.0. The van der Waals surface area contributed by atoms with Crippen LogP contribution in [0.25, 0.3) is 11.3 Å². The van der Waals surface area contributed by atoms with E-state index < -0.39 is 0 Å². The Bertz CT molecular complexity index is 619. The first-order valence-electron chi connectivity index (χ1n) is 6.66. The van der Waals surface area contributed by atoms with Gasteiger partial charge in [-0.25, -0.2) is 0 Å². The van der Waals surface area contributed by atoms with E-state index in [4.69, 9.17) is 11.6 Å². The van der Waals surface area contributed by atoms with Crippen molar-refractivity contribution < 1.29 is 4.79 Å². The van der Waals surface area contributed by atoms with Crippen LogP contribution in [0.4, 0.5) is 0 Å². The molecule has 0 radical (unpaired) electrons. The Labute approximate surface area is 123 Å². The Balaban J connectivity index is 2.39. The molecule has 20 heavy (non-hydrogen) atoms. The van der Waals surface area contributed by atoms with Gasteiger partial charge in [0.05, 0.1) is 5.69 Å². The van der Waals surface area contributed by atoms with Crippen molar-refractivity contribution in [3.05, 3.63) is 41.0 Å². The molecule has 4 nitrogen and oxygen atoms in total. The third kappa shape index (κ3) is 3.20. The summed E-state index contributed by atoms with van der Waals surface area (Å²) in [7, 11) is 0. The lowest BCUT2D eigenvalue weighted by Gasteiger charge is -2.05. The first-order valence-corrected chi connectivity index (χ1v) is 7.03. The maximum atomic E-state index is 12.0. The number of rotatable bonds is 4. The highest BCUT2D eigenvalue weighted by Crippen LogP contribution is 2.23. The summed E-state index contributed by atoms with van der Waals surface area (Å²) < 4.78 is 1.81. The zero-order valence-electron chi connectivity index (χ0n) is 11.9. The molecule has 0 fully saturated rings. The number of hydrogen-bond acceptors (Lipinski definition) is 2. The van der Waals surface area contributed by atoms with Crippen LogP contribution >= 0.6 is 11.6 Å². The summed E-state index contributed by atoms with van der Waals surface area (Å²) in [6.45, 7) is 6.53. The fourth-order valence-electron chi connectivity index (χ4n) is 1.99. The molecule has 0 aliphatic heterocycles. The highest BCUT2D eigenvalue weighted by Gasteiger charge is 2.15. The van der Waals surface area contributed by atoms with Gasteiger partial charge in [0.15, 0.2) is 5.69 Å². The van der Waals surface area contributed by atoms with Crippen molar-refractivity contribution in [3.8, 4) is 11.3 Å². The van der Waals surface area contributed by atoms with Gasteiger partial charge >= 0.3 is 0 Å². The summed E-state index contributed by atoms with van der Waals surface area (Å²) in [6.07, 6.45) is 0. The molecular formula is C15H18ClN3O. The van der Waals surface area contributed by atoms with Gasteiger partial charge in [0.2, 0.25) is 0 Å². The normalized spacial score (nSPS) is 10.8. The smallest absolute Gasteiger partial charge is 0.271 e. The lowest BCUT2D eigenvalue weighted by molar-refractivity contribution is 0.0937. The van der Waals surface area contributed by atoms with E-state index in [1.807, 2.05) is 45.0 Å². The van der Waals surface area contributed by atoms with Crippen molar-refractivity contribution >= 4 is 17.5 Å². The lowest BCUT2D eigenvalue weighted by atomic mass is 10.1. The molecule has 1 amide bonds. The largest absolute Gasteiger partial charge is 0.348 e. The van der Waals surface area contributed by atoms with E-state index in [0.717, 1.165) is 11.3 Å².